The second-order valence-corrected chi connectivity index (χ2v) is 9.60. The minimum absolute atomic E-state index is 0.129. The van der Waals surface area contributed by atoms with Gasteiger partial charge >= 0.3 is 0 Å². The molecule has 38 heavy (non-hydrogen) atoms. The first-order valence-corrected chi connectivity index (χ1v) is 12.8. The van der Waals surface area contributed by atoms with Crippen LogP contribution in [0.1, 0.15) is 61.6 Å². The summed E-state index contributed by atoms with van der Waals surface area (Å²) in [6.07, 6.45) is 0.910. The quantitative estimate of drug-likeness (QED) is 0.178. The Morgan fingerprint density at radius 1 is 0.868 bits per heavy atom. The molecule has 0 unspecified atom stereocenters. The number of aromatic nitrogens is 3. The van der Waals surface area contributed by atoms with Crippen molar-refractivity contribution in [1.29, 1.82) is 0 Å². The number of imide groups is 1. The van der Waals surface area contributed by atoms with Crippen molar-refractivity contribution in [2.24, 2.45) is 0 Å². The van der Waals surface area contributed by atoms with Crippen molar-refractivity contribution in [1.82, 2.24) is 25.0 Å². The van der Waals surface area contributed by atoms with E-state index in [9.17, 15) is 14.4 Å². The molecule has 4 aromatic rings. The summed E-state index contributed by atoms with van der Waals surface area (Å²) in [5.74, 6) is -0.312. The molecule has 0 aliphatic carbocycles. The van der Waals surface area contributed by atoms with Gasteiger partial charge in [0.2, 0.25) is 0 Å². The van der Waals surface area contributed by atoms with E-state index in [1.165, 1.54) is 0 Å². The van der Waals surface area contributed by atoms with Crippen LogP contribution in [-0.2, 0) is 13.1 Å². The molecule has 2 amide bonds. The highest BCUT2D eigenvalue weighted by Crippen LogP contribution is 2.29. The Bertz CT molecular complexity index is 1530. The van der Waals surface area contributed by atoms with Crippen LogP contribution >= 0.6 is 23.2 Å². The number of amides is 2. The zero-order chi connectivity index (χ0) is 26.8. The second-order valence-electron chi connectivity index (χ2n) is 8.76. The molecule has 0 radical (unpaired) electrons. The SMILES string of the molecule is CCCNCc1nnc(CN2C(=O)c3ccccc3C2=O)n1-c1ccc(Cl)cc1C(=O)c1ccccc1Cl. The smallest absolute Gasteiger partial charge is 0.261 e. The lowest BCUT2D eigenvalue weighted by Gasteiger charge is -2.18. The van der Waals surface area contributed by atoms with Crippen LogP contribution in [0.25, 0.3) is 5.69 Å². The highest BCUT2D eigenvalue weighted by atomic mass is 35.5. The molecule has 0 fully saturated rings. The molecule has 0 saturated heterocycles. The zero-order valence-corrected chi connectivity index (χ0v) is 22.0. The number of carbonyl (C=O) groups is 3. The van der Waals surface area contributed by atoms with Gasteiger partial charge in [0, 0.05) is 16.1 Å². The van der Waals surface area contributed by atoms with Gasteiger partial charge in [-0.2, -0.15) is 0 Å². The summed E-state index contributed by atoms with van der Waals surface area (Å²) >= 11 is 12.7. The number of benzene rings is 3. The molecule has 0 atom stereocenters. The minimum Gasteiger partial charge on any atom is -0.310 e. The lowest BCUT2D eigenvalue weighted by Crippen LogP contribution is -2.31. The van der Waals surface area contributed by atoms with Crippen LogP contribution in [0.15, 0.2) is 66.7 Å². The normalized spacial score (nSPS) is 12.8. The van der Waals surface area contributed by atoms with Gasteiger partial charge in [0.25, 0.3) is 11.8 Å². The lowest BCUT2D eigenvalue weighted by molar-refractivity contribution is 0.0637. The van der Waals surface area contributed by atoms with E-state index in [0.29, 0.717) is 50.6 Å². The number of ketones is 1. The summed E-state index contributed by atoms with van der Waals surface area (Å²) < 4.78 is 1.70. The predicted octanol–water partition coefficient (Wildman–Crippen LogP) is 5.10. The third kappa shape index (κ3) is 4.74. The Labute approximate surface area is 229 Å². The van der Waals surface area contributed by atoms with Crippen LogP contribution in [0.5, 0.6) is 0 Å². The summed E-state index contributed by atoms with van der Waals surface area (Å²) in [7, 11) is 0. The largest absolute Gasteiger partial charge is 0.310 e. The maximum absolute atomic E-state index is 13.7. The maximum Gasteiger partial charge on any atom is 0.261 e. The third-order valence-corrected chi connectivity index (χ3v) is 6.81. The molecule has 1 aromatic heterocycles. The van der Waals surface area contributed by atoms with E-state index >= 15 is 0 Å². The van der Waals surface area contributed by atoms with Crippen molar-refractivity contribution in [2.45, 2.75) is 26.4 Å². The molecule has 192 valence electrons. The van der Waals surface area contributed by atoms with Crippen molar-refractivity contribution in [2.75, 3.05) is 6.54 Å². The number of fused-ring (bicyclic) bond motifs is 1. The van der Waals surface area contributed by atoms with Gasteiger partial charge < -0.3 is 5.32 Å². The molecule has 0 saturated carbocycles. The van der Waals surface area contributed by atoms with Crippen LogP contribution in [0, 0.1) is 0 Å². The van der Waals surface area contributed by atoms with Gasteiger partial charge in [-0.25, -0.2) is 0 Å². The first kappa shape index (κ1) is 25.8. The number of carbonyl (C=O) groups excluding carboxylic acids is 3. The van der Waals surface area contributed by atoms with Gasteiger partial charge in [-0.05, 0) is 55.4 Å². The zero-order valence-electron chi connectivity index (χ0n) is 20.4. The Kier molecular flexibility index (Phi) is 7.37. The Balaban J connectivity index is 1.61. The Morgan fingerprint density at radius 2 is 1.53 bits per heavy atom. The number of rotatable bonds is 9. The monoisotopic (exact) mass is 547 g/mol. The van der Waals surface area contributed by atoms with Gasteiger partial charge in [0.05, 0.1) is 34.9 Å². The predicted molar refractivity (Wildman–Crippen MR) is 144 cm³/mol. The molecule has 0 spiro atoms. The summed E-state index contributed by atoms with van der Waals surface area (Å²) in [6.45, 7) is 3.01. The lowest BCUT2D eigenvalue weighted by atomic mass is 10.0. The van der Waals surface area contributed by atoms with E-state index < -0.39 is 11.8 Å². The summed E-state index contributed by atoms with van der Waals surface area (Å²) in [5.41, 5.74) is 1.75. The Hall–Kier alpha value is -3.85. The van der Waals surface area contributed by atoms with Crippen molar-refractivity contribution in [3.63, 3.8) is 0 Å². The molecule has 0 bridgehead atoms. The maximum atomic E-state index is 13.7. The molecule has 10 heteroatoms. The van der Waals surface area contributed by atoms with Crippen LogP contribution in [-0.4, -0.2) is 43.8 Å². The van der Waals surface area contributed by atoms with E-state index in [-0.39, 0.29) is 17.9 Å². The van der Waals surface area contributed by atoms with Crippen molar-refractivity contribution >= 4 is 40.8 Å². The first-order valence-electron chi connectivity index (χ1n) is 12.1. The molecule has 8 nitrogen and oxygen atoms in total. The van der Waals surface area contributed by atoms with E-state index in [0.717, 1.165) is 17.9 Å². The van der Waals surface area contributed by atoms with E-state index in [1.807, 2.05) is 6.92 Å². The Morgan fingerprint density at radius 3 is 2.21 bits per heavy atom. The molecule has 3 aromatic carbocycles. The highest BCUT2D eigenvalue weighted by molar-refractivity contribution is 6.35. The number of hydrogen-bond donors (Lipinski definition) is 1. The minimum atomic E-state index is -0.408. The summed E-state index contributed by atoms with van der Waals surface area (Å²) in [4.78, 5) is 41.0. The van der Waals surface area contributed by atoms with Crippen molar-refractivity contribution in [3.05, 3.63) is 111 Å². The number of nitrogens with one attached hydrogen (secondary N) is 1. The molecule has 5 rings (SSSR count). The third-order valence-electron chi connectivity index (χ3n) is 6.25. The van der Waals surface area contributed by atoms with Crippen molar-refractivity contribution in [3.8, 4) is 5.69 Å². The van der Waals surface area contributed by atoms with Gasteiger partial charge in [-0.1, -0.05) is 54.4 Å². The van der Waals surface area contributed by atoms with Crippen LogP contribution in [0.3, 0.4) is 0 Å². The van der Waals surface area contributed by atoms with Gasteiger partial charge in [0.1, 0.15) is 0 Å². The number of halogens is 2. The fraction of sp³-hybridized carbons (Fsp3) is 0.179. The van der Waals surface area contributed by atoms with E-state index in [4.69, 9.17) is 23.2 Å². The number of nitrogens with zero attached hydrogens (tertiary/aromatic N) is 4. The average Bonchev–Trinajstić information content (AvgIpc) is 3.43. The number of hydrogen-bond acceptors (Lipinski definition) is 6. The molecule has 1 aliphatic rings. The summed E-state index contributed by atoms with van der Waals surface area (Å²) in [5, 5.41) is 12.7. The van der Waals surface area contributed by atoms with Crippen molar-refractivity contribution < 1.29 is 14.4 Å². The molecule has 1 N–H and O–H groups in total. The fourth-order valence-corrected chi connectivity index (χ4v) is 4.82. The van der Waals surface area contributed by atoms with Crippen LogP contribution < -0.4 is 5.32 Å². The average molecular weight is 548 g/mol. The highest BCUT2D eigenvalue weighted by Gasteiger charge is 2.36. The molecule has 2 heterocycles. The molecule has 1 aliphatic heterocycles. The second kappa shape index (κ2) is 10.9. The first-order chi connectivity index (χ1) is 18.4. The fourth-order valence-electron chi connectivity index (χ4n) is 4.43. The van der Waals surface area contributed by atoms with Crippen LogP contribution in [0.2, 0.25) is 10.0 Å². The molecular formula is C28H23Cl2N5O3. The van der Waals surface area contributed by atoms with Crippen LogP contribution in [0.4, 0.5) is 0 Å². The topological polar surface area (TPSA) is 97.2 Å². The van der Waals surface area contributed by atoms with Gasteiger partial charge in [-0.15, -0.1) is 10.2 Å². The standard InChI is InChI=1S/C28H23Cl2N5O3/c1-2-13-31-15-24-32-33-25(16-34-27(37)18-7-3-4-8-19(18)28(34)38)35(24)23-12-11-17(29)14-21(23)26(36)20-9-5-6-10-22(20)30/h3-12,14,31H,2,13,15-16H2,1H3. The summed E-state index contributed by atoms with van der Waals surface area (Å²) in [6, 6.07) is 18.4. The van der Waals surface area contributed by atoms with Gasteiger partial charge in [0.15, 0.2) is 17.4 Å². The van der Waals surface area contributed by atoms with E-state index in [2.05, 4.69) is 15.5 Å². The van der Waals surface area contributed by atoms with E-state index in [1.54, 1.807) is 71.3 Å². The molecular weight excluding hydrogens is 525 g/mol. The van der Waals surface area contributed by atoms with Gasteiger partial charge in [-0.3, -0.25) is 23.9 Å².